The van der Waals surface area contributed by atoms with Crippen molar-refractivity contribution in [3.05, 3.63) is 0 Å². The van der Waals surface area contributed by atoms with E-state index in [0.717, 1.165) is 0 Å². The molecule has 0 aromatic heterocycles. The number of hydrogen-bond donors (Lipinski definition) is 0. The summed E-state index contributed by atoms with van der Waals surface area (Å²) in [6, 6.07) is 0. The van der Waals surface area contributed by atoms with E-state index in [1.165, 1.54) is 14.1 Å². The predicted molar refractivity (Wildman–Crippen MR) is 48.0 cm³/mol. The van der Waals surface area contributed by atoms with Crippen LogP contribution in [0, 0.1) is 0 Å². The first-order valence-corrected chi connectivity index (χ1v) is 1.67. The zero-order valence-electron chi connectivity index (χ0n) is 3.87. The van der Waals surface area contributed by atoms with Crippen molar-refractivity contribution in [3.8, 4) is 0 Å². The molecule has 8 radical (unpaired) electrons. The Morgan fingerprint density at radius 2 is 1.44 bits per heavy atom. The van der Waals surface area contributed by atoms with Gasteiger partial charge in [-0.1, -0.05) is 14.9 Å². The fourth-order valence-corrected chi connectivity index (χ4v) is 0.128. The molecule has 0 saturated heterocycles. The fourth-order valence-electron chi connectivity index (χ4n) is 0.128. The fraction of sp³-hybridized carbons (Fsp3) is 1.00. The zero-order chi connectivity index (χ0) is 4.99. The van der Waals surface area contributed by atoms with Crippen LogP contribution < -0.4 is 0 Å². The average molecular weight is 281 g/mol. The standard InChI is InChI=1S/2CH4.B6.W/c;;1-4-5-6(2)3;/h2*1H4;;. The molecule has 0 aliphatic carbocycles. The van der Waals surface area contributed by atoms with E-state index < -0.39 is 6.39 Å². The summed E-state index contributed by atoms with van der Waals surface area (Å²) < 4.78 is 0. The van der Waals surface area contributed by atoms with E-state index in [1.54, 1.807) is 0 Å². The Morgan fingerprint density at radius 3 is 1.44 bits per heavy atom. The van der Waals surface area contributed by atoms with Crippen LogP contribution in [0.25, 0.3) is 0 Å². The molecule has 0 aliphatic heterocycles. The summed E-state index contributed by atoms with van der Waals surface area (Å²) in [5.74, 6) is 0. The Morgan fingerprint density at radius 1 is 1.11 bits per heavy atom. The van der Waals surface area contributed by atoms with Gasteiger partial charge in [0.15, 0.2) is 0 Å². The van der Waals surface area contributed by atoms with Gasteiger partial charge in [0.05, 0.1) is 0 Å². The summed E-state index contributed by atoms with van der Waals surface area (Å²) in [7, 11) is 17.7. The third-order valence-corrected chi connectivity index (χ3v) is 0.333. The van der Waals surface area contributed by atoms with Gasteiger partial charge < -0.3 is 0 Å². The molecule has 0 amide bonds. The van der Waals surface area contributed by atoms with Crippen molar-refractivity contribution < 1.29 is 21.1 Å². The van der Waals surface area contributed by atoms with Crippen LogP contribution in [-0.2, 0) is 21.1 Å². The van der Waals surface area contributed by atoms with Gasteiger partial charge in [-0.25, -0.2) is 0 Å². The second-order valence-corrected chi connectivity index (χ2v) is 0.962. The third kappa shape index (κ3) is 27.3. The van der Waals surface area contributed by atoms with Crippen LogP contribution in [0.3, 0.4) is 0 Å². The number of hydrogen-bond acceptors (Lipinski definition) is 0. The summed E-state index contributed by atoms with van der Waals surface area (Å²) in [6.45, 7) is 0. The molecule has 0 spiro atoms. The Kier molecular flexibility index (Phi) is 40.1. The van der Waals surface area contributed by atoms with Crippen LogP contribution in [0.5, 0.6) is 0 Å². The number of rotatable bonds is 2. The van der Waals surface area contributed by atoms with Gasteiger partial charge >= 0.3 is 0 Å². The maximum atomic E-state index is 5.01. The van der Waals surface area contributed by atoms with Crippen LogP contribution >= 0.6 is 0 Å². The molecule has 0 nitrogen and oxygen atoms in total. The predicted octanol–water partition coefficient (Wildman–Crippen LogP) is -1.02. The molecule has 0 saturated carbocycles. The van der Waals surface area contributed by atoms with E-state index in [0.29, 0.717) is 0 Å². The van der Waals surface area contributed by atoms with Gasteiger partial charge in [-0.2, -0.15) is 0 Å². The zero-order valence-corrected chi connectivity index (χ0v) is 6.81. The maximum absolute atomic E-state index is 5.01. The molecule has 9 heavy (non-hydrogen) atoms. The van der Waals surface area contributed by atoms with Crippen LogP contribution in [-0.4, -0.2) is 43.7 Å². The summed E-state index contributed by atoms with van der Waals surface area (Å²) in [4.78, 5) is 0. The molecule has 0 unspecified atom stereocenters. The van der Waals surface area contributed by atoms with E-state index in [4.69, 9.17) is 23.2 Å². The van der Waals surface area contributed by atoms with Gasteiger partial charge in [-0.15, -0.1) is 0 Å². The second kappa shape index (κ2) is 16.0. The molecular formula is C2H8B6W. The Balaban J connectivity index is -0.0000000417. The van der Waals surface area contributed by atoms with Crippen LogP contribution in [0.2, 0.25) is 0 Å². The second-order valence-electron chi connectivity index (χ2n) is 0.962. The molecule has 0 heterocycles. The smallest absolute Gasteiger partial charge is 0 e. The molecule has 40 valence electrons. The van der Waals surface area contributed by atoms with Gasteiger partial charge in [0.2, 0.25) is 0 Å². The van der Waals surface area contributed by atoms with Crippen LogP contribution in [0.4, 0.5) is 0 Å². The average Bonchev–Trinajstić information content (AvgIpc) is 1.35. The molecule has 0 bridgehead atoms. The SMILES string of the molecule is C.C.[B][B][B]B([B])[B].[W]. The molecular weight excluding hydrogens is 273 g/mol. The Bertz CT molecular complexity index is 32.2. The van der Waals surface area contributed by atoms with Gasteiger partial charge in [-0.3, -0.25) is 0 Å². The molecule has 0 fully saturated rings. The minimum atomic E-state index is -0.407. The van der Waals surface area contributed by atoms with E-state index in [9.17, 15) is 0 Å². The molecule has 0 aliphatic rings. The third-order valence-electron chi connectivity index (χ3n) is 0.333. The summed E-state index contributed by atoms with van der Waals surface area (Å²) in [5.41, 5.74) is 0. The first kappa shape index (κ1) is 22.5. The van der Waals surface area contributed by atoms with Crippen molar-refractivity contribution in [3.63, 3.8) is 0 Å². The summed E-state index contributed by atoms with van der Waals surface area (Å²) in [5, 5.41) is 0. The molecule has 0 N–H and O–H groups in total. The van der Waals surface area contributed by atoms with E-state index in [-0.39, 0.29) is 35.9 Å². The van der Waals surface area contributed by atoms with Crippen LogP contribution in [0.15, 0.2) is 0 Å². The van der Waals surface area contributed by atoms with Crippen molar-refractivity contribution in [2.75, 3.05) is 0 Å². The molecule has 7 heteroatoms. The van der Waals surface area contributed by atoms with E-state index >= 15 is 0 Å². The minimum Gasteiger partial charge on any atom is -0.0776 e. The largest absolute Gasteiger partial charge is 0.0776 e. The molecule has 0 aromatic rings. The molecule has 0 atom stereocenters. The van der Waals surface area contributed by atoms with E-state index in [1.807, 2.05) is 0 Å². The Hall–Kier alpha value is 1.08. The minimum absolute atomic E-state index is 0. The summed E-state index contributed by atoms with van der Waals surface area (Å²) in [6.07, 6.45) is -0.407. The topological polar surface area (TPSA) is 0 Å². The van der Waals surface area contributed by atoms with E-state index in [2.05, 4.69) is 0 Å². The first-order valence-electron chi connectivity index (χ1n) is 1.67. The normalized spacial score (nSPS) is 4.44. The van der Waals surface area contributed by atoms with Crippen molar-refractivity contribution in [2.24, 2.45) is 0 Å². The van der Waals surface area contributed by atoms with Gasteiger partial charge in [0, 0.05) is 64.8 Å². The first-order chi connectivity index (χ1) is 2.77. The molecule has 0 rings (SSSR count). The quantitative estimate of drug-likeness (QED) is 0.569. The molecule has 0 aromatic carbocycles. The van der Waals surface area contributed by atoms with Crippen molar-refractivity contribution >= 4 is 43.7 Å². The van der Waals surface area contributed by atoms with Crippen molar-refractivity contribution in [1.82, 2.24) is 0 Å². The van der Waals surface area contributed by atoms with Crippen molar-refractivity contribution in [2.45, 2.75) is 14.9 Å². The maximum Gasteiger partial charge on any atom is 0 e. The van der Waals surface area contributed by atoms with Crippen LogP contribution in [0.1, 0.15) is 14.9 Å². The van der Waals surface area contributed by atoms with Gasteiger partial charge in [0.1, 0.15) is 0 Å². The van der Waals surface area contributed by atoms with Gasteiger partial charge in [0.25, 0.3) is 0 Å². The summed E-state index contributed by atoms with van der Waals surface area (Å²) >= 11 is 0. The Labute approximate surface area is 79.7 Å². The monoisotopic (exact) mass is 282 g/mol. The van der Waals surface area contributed by atoms with Gasteiger partial charge in [-0.05, 0) is 0 Å². The van der Waals surface area contributed by atoms with Crippen molar-refractivity contribution in [1.29, 1.82) is 0 Å².